The molecule has 0 radical (unpaired) electrons. The largest absolute Gasteiger partial charge is 0.481 e. The second-order valence-corrected chi connectivity index (χ2v) is 12.5. The molecule has 0 unspecified atom stereocenters. The van der Waals surface area contributed by atoms with Gasteiger partial charge in [0.25, 0.3) is 0 Å². The highest BCUT2D eigenvalue weighted by Gasteiger charge is 2.33. The van der Waals surface area contributed by atoms with Crippen LogP contribution >= 0.6 is 11.8 Å². The summed E-state index contributed by atoms with van der Waals surface area (Å²) in [6, 6.07) is 10.2. The molecule has 5 amide bonds. The van der Waals surface area contributed by atoms with Crippen molar-refractivity contribution < 1.29 is 43.8 Å². The van der Waals surface area contributed by atoms with Crippen molar-refractivity contribution in [2.75, 3.05) is 11.6 Å². The maximum absolute atomic E-state index is 13.7. The van der Waals surface area contributed by atoms with E-state index in [0.717, 1.165) is 11.3 Å². The molecular weight excluding hydrogens is 654 g/mol. The van der Waals surface area contributed by atoms with Crippen LogP contribution in [-0.2, 0) is 45.7 Å². The number of hydrogen-bond acceptors (Lipinski definition) is 8. The van der Waals surface area contributed by atoms with Crippen molar-refractivity contribution in [2.45, 2.75) is 82.8 Å². The zero-order valence-corrected chi connectivity index (χ0v) is 28.8. The number of benzene rings is 2. The third-order valence-electron chi connectivity index (χ3n) is 7.59. The highest BCUT2D eigenvalue weighted by Crippen LogP contribution is 2.15. The van der Waals surface area contributed by atoms with Crippen molar-refractivity contribution >= 4 is 58.9 Å². The van der Waals surface area contributed by atoms with Gasteiger partial charge in [0, 0.05) is 31.2 Å². The van der Waals surface area contributed by atoms with Crippen LogP contribution in [0.3, 0.4) is 0 Å². The molecule has 0 saturated carbocycles. The molecule has 15 heteroatoms. The Balaban J connectivity index is 2.35. The van der Waals surface area contributed by atoms with Gasteiger partial charge in [0.05, 0.1) is 6.42 Å². The number of nitrogens with one attached hydrogen (secondary N) is 5. The van der Waals surface area contributed by atoms with E-state index < -0.39 is 78.5 Å². The van der Waals surface area contributed by atoms with E-state index in [1.165, 1.54) is 6.92 Å². The van der Waals surface area contributed by atoms with Gasteiger partial charge >= 0.3 is 11.9 Å². The number of anilines is 1. The Morgan fingerprint density at radius 3 is 1.86 bits per heavy atom. The Kier molecular flexibility index (Phi) is 16.8. The predicted molar refractivity (Wildman–Crippen MR) is 184 cm³/mol. The number of amides is 5. The van der Waals surface area contributed by atoms with Crippen LogP contribution in [0.25, 0.3) is 0 Å². The van der Waals surface area contributed by atoms with Gasteiger partial charge in [-0.2, -0.15) is 11.8 Å². The lowest BCUT2D eigenvalue weighted by Gasteiger charge is -2.27. The number of hydrogen-bond donors (Lipinski definition) is 7. The molecule has 5 atom stereocenters. The number of thioether (sulfide) groups is 1. The van der Waals surface area contributed by atoms with E-state index in [1.807, 2.05) is 25.3 Å². The number of aliphatic carboxylic acids is 2. The average molecular weight is 700 g/mol. The smallest absolute Gasteiger partial charge is 0.305 e. The molecule has 0 saturated heterocycles. The average Bonchev–Trinajstić information content (AvgIpc) is 3.05. The first-order chi connectivity index (χ1) is 23.2. The zero-order chi connectivity index (χ0) is 36.5. The Morgan fingerprint density at radius 1 is 0.714 bits per heavy atom. The fraction of sp³-hybridized carbons (Fsp3) is 0.441. The van der Waals surface area contributed by atoms with Crippen LogP contribution in [0.2, 0.25) is 0 Å². The van der Waals surface area contributed by atoms with E-state index in [2.05, 4.69) is 26.6 Å². The van der Waals surface area contributed by atoms with Crippen LogP contribution < -0.4 is 26.6 Å². The van der Waals surface area contributed by atoms with Crippen LogP contribution in [0, 0.1) is 5.92 Å². The van der Waals surface area contributed by atoms with E-state index in [4.69, 9.17) is 0 Å². The lowest BCUT2D eigenvalue weighted by Crippen LogP contribution is -2.59. The number of carbonyl (C=O) groups excluding carboxylic acids is 5. The van der Waals surface area contributed by atoms with Crippen molar-refractivity contribution in [1.29, 1.82) is 0 Å². The van der Waals surface area contributed by atoms with Gasteiger partial charge in [-0.15, -0.1) is 0 Å². The standard InChI is InChI=1S/C34H45N5O9S/c1-5-20(2)30(35-21(3)40)34(48)37-25(15-16-28(41)42)31(45)38-26(17-22-9-7-6-8-10-22)33(47)39-27(18-29(43)44)32(46)36-24-13-11-23(12-14-24)19-49-4/h6-14,20,25-27,30H,5,15-19H2,1-4H3,(H,35,40)(H,36,46)(H,37,48)(H,38,45)(H,39,47)(H,41,42)(H,43,44)/t20-,25-,26-,27-,30-/m1/s1. The van der Waals surface area contributed by atoms with Gasteiger partial charge in [0.15, 0.2) is 0 Å². The molecule has 49 heavy (non-hydrogen) atoms. The minimum absolute atomic E-state index is 0.0856. The van der Waals surface area contributed by atoms with Crippen LogP contribution in [0.15, 0.2) is 54.6 Å². The molecule has 0 bridgehead atoms. The lowest BCUT2D eigenvalue weighted by atomic mass is 9.97. The first-order valence-corrected chi connectivity index (χ1v) is 17.2. The van der Waals surface area contributed by atoms with Crippen molar-refractivity contribution in [3.63, 3.8) is 0 Å². The van der Waals surface area contributed by atoms with E-state index in [1.54, 1.807) is 61.2 Å². The number of carbonyl (C=O) groups is 7. The molecule has 2 aromatic rings. The Labute approximate surface area is 289 Å². The minimum atomic E-state index is -1.53. The molecule has 0 fully saturated rings. The van der Waals surface area contributed by atoms with Crippen molar-refractivity contribution in [1.82, 2.24) is 21.3 Å². The van der Waals surface area contributed by atoms with Crippen molar-refractivity contribution in [3.8, 4) is 0 Å². The second kappa shape index (κ2) is 20.4. The third kappa shape index (κ3) is 14.4. The summed E-state index contributed by atoms with van der Waals surface area (Å²) in [5.41, 5.74) is 2.02. The minimum Gasteiger partial charge on any atom is -0.481 e. The summed E-state index contributed by atoms with van der Waals surface area (Å²) in [6.07, 6.45) is 0.786. The quantitative estimate of drug-likeness (QED) is 0.107. The molecule has 2 aromatic carbocycles. The SMILES string of the molecule is CC[C@@H](C)[C@@H](NC(C)=O)C(=O)N[C@H](CCC(=O)O)C(=O)N[C@H](Cc1ccccc1)C(=O)N[C@H](CC(=O)O)C(=O)Nc1ccc(CSC)cc1. The molecule has 0 spiro atoms. The fourth-order valence-corrected chi connectivity index (χ4v) is 5.31. The van der Waals surface area contributed by atoms with Gasteiger partial charge < -0.3 is 36.8 Å². The number of rotatable bonds is 20. The molecule has 0 heterocycles. The molecule has 7 N–H and O–H groups in total. The van der Waals surface area contributed by atoms with Crippen LogP contribution in [0.5, 0.6) is 0 Å². The normalized spacial score (nSPS) is 13.8. The summed E-state index contributed by atoms with van der Waals surface area (Å²) in [6.45, 7) is 4.79. The molecule has 0 aliphatic rings. The van der Waals surface area contributed by atoms with Gasteiger partial charge in [0.2, 0.25) is 29.5 Å². The van der Waals surface area contributed by atoms with Gasteiger partial charge in [-0.05, 0) is 41.9 Å². The second-order valence-electron chi connectivity index (χ2n) is 11.6. The van der Waals surface area contributed by atoms with Crippen LogP contribution in [0.4, 0.5) is 5.69 Å². The zero-order valence-electron chi connectivity index (χ0n) is 28.0. The van der Waals surface area contributed by atoms with Crippen molar-refractivity contribution in [3.05, 3.63) is 65.7 Å². The molecule has 2 rings (SSSR count). The van der Waals surface area contributed by atoms with Gasteiger partial charge in [-0.3, -0.25) is 33.6 Å². The highest BCUT2D eigenvalue weighted by molar-refractivity contribution is 7.97. The highest BCUT2D eigenvalue weighted by atomic mass is 32.2. The summed E-state index contributed by atoms with van der Waals surface area (Å²) in [4.78, 5) is 88.6. The summed E-state index contributed by atoms with van der Waals surface area (Å²) < 4.78 is 0. The van der Waals surface area contributed by atoms with E-state index in [0.29, 0.717) is 17.7 Å². The number of carboxylic acids is 2. The monoisotopic (exact) mass is 699 g/mol. The molecular formula is C34H45N5O9S. The molecule has 0 aliphatic carbocycles. The van der Waals surface area contributed by atoms with Gasteiger partial charge in [-0.25, -0.2) is 0 Å². The third-order valence-corrected chi connectivity index (χ3v) is 8.22. The maximum Gasteiger partial charge on any atom is 0.305 e. The predicted octanol–water partition coefficient (Wildman–Crippen LogP) is 2.08. The van der Waals surface area contributed by atoms with E-state index in [9.17, 15) is 43.8 Å². The maximum atomic E-state index is 13.7. The van der Waals surface area contributed by atoms with Gasteiger partial charge in [-0.1, -0.05) is 62.7 Å². The molecule has 14 nitrogen and oxygen atoms in total. The Bertz CT molecular complexity index is 1460. The summed E-state index contributed by atoms with van der Waals surface area (Å²) in [5.74, 6) is -5.90. The van der Waals surface area contributed by atoms with E-state index in [-0.39, 0.29) is 18.8 Å². The van der Waals surface area contributed by atoms with Gasteiger partial charge in [0.1, 0.15) is 24.2 Å². The first kappa shape index (κ1) is 40.3. The Hall–Kier alpha value is -4.92. The summed E-state index contributed by atoms with van der Waals surface area (Å²) in [7, 11) is 0. The fourth-order valence-electron chi connectivity index (χ4n) is 4.79. The summed E-state index contributed by atoms with van der Waals surface area (Å²) in [5, 5.41) is 31.5. The molecule has 0 aromatic heterocycles. The van der Waals surface area contributed by atoms with Crippen molar-refractivity contribution in [2.24, 2.45) is 5.92 Å². The first-order valence-electron chi connectivity index (χ1n) is 15.8. The summed E-state index contributed by atoms with van der Waals surface area (Å²) >= 11 is 1.62. The molecule has 266 valence electrons. The number of carboxylic acid groups (broad SMARTS) is 2. The van der Waals surface area contributed by atoms with Crippen LogP contribution in [0.1, 0.15) is 57.6 Å². The van der Waals surface area contributed by atoms with E-state index >= 15 is 0 Å². The Morgan fingerprint density at radius 2 is 1.31 bits per heavy atom. The topological polar surface area (TPSA) is 220 Å². The lowest BCUT2D eigenvalue weighted by molar-refractivity contribution is -0.140. The van der Waals surface area contributed by atoms with Crippen LogP contribution in [-0.4, -0.2) is 82.1 Å². The molecule has 0 aliphatic heterocycles.